The topological polar surface area (TPSA) is 97.0 Å². The van der Waals surface area contributed by atoms with Crippen LogP contribution in [0.4, 0.5) is 18.9 Å². The third-order valence-electron chi connectivity index (χ3n) is 4.98. The van der Waals surface area contributed by atoms with E-state index in [4.69, 9.17) is 22.2 Å². The van der Waals surface area contributed by atoms with E-state index in [0.29, 0.717) is 19.2 Å². The summed E-state index contributed by atoms with van der Waals surface area (Å²) in [6, 6.07) is 8.44. The quantitative estimate of drug-likeness (QED) is 0.238. The maximum absolute atomic E-state index is 13.4. The number of hydrogen-bond donors (Lipinski definition) is 2. The molecule has 7 nitrogen and oxygen atoms in total. The van der Waals surface area contributed by atoms with Crippen molar-refractivity contribution in [3.8, 4) is 5.75 Å². The van der Waals surface area contributed by atoms with E-state index in [1.54, 1.807) is 12.4 Å². The second-order valence-electron chi connectivity index (χ2n) is 7.33. The molecule has 0 atom stereocenters. The molecule has 0 amide bonds. The summed E-state index contributed by atoms with van der Waals surface area (Å²) in [5.74, 6) is 5.19. The van der Waals surface area contributed by atoms with Crippen LogP contribution in [0.25, 0.3) is 0 Å². The normalized spacial score (nSPS) is 15.3. The van der Waals surface area contributed by atoms with Crippen LogP contribution in [0.5, 0.6) is 5.75 Å². The number of halogens is 5. The van der Waals surface area contributed by atoms with E-state index in [2.05, 4.69) is 9.82 Å². The van der Waals surface area contributed by atoms with Gasteiger partial charge in [0.2, 0.25) is 0 Å². The molecule has 1 fully saturated rings. The second kappa shape index (κ2) is 11.2. The molecule has 0 radical (unpaired) electrons. The van der Waals surface area contributed by atoms with Crippen LogP contribution in [0.2, 0.25) is 5.02 Å². The van der Waals surface area contributed by atoms with Gasteiger partial charge < -0.3 is 15.5 Å². The maximum atomic E-state index is 13.4. The molecule has 13 heteroatoms. The van der Waals surface area contributed by atoms with Crippen molar-refractivity contribution in [1.29, 1.82) is 0 Å². The molecule has 0 unspecified atom stereocenters. The van der Waals surface area contributed by atoms with Gasteiger partial charge in [0.15, 0.2) is 0 Å². The highest BCUT2D eigenvalue weighted by molar-refractivity contribution is 7.92. The summed E-state index contributed by atoms with van der Waals surface area (Å²) >= 11 is 5.93. The van der Waals surface area contributed by atoms with Crippen LogP contribution in [0.15, 0.2) is 52.5 Å². The SMILES string of the molecule is Cl.NN=CN1CCC(COc2cc(NS(=O)(=O)c3ccccc3Cl)cc(C(F)(F)F)c2)CC1. The van der Waals surface area contributed by atoms with Gasteiger partial charge >= 0.3 is 6.18 Å². The van der Waals surface area contributed by atoms with E-state index >= 15 is 0 Å². The lowest BCUT2D eigenvalue weighted by Gasteiger charge is -2.30. The Labute approximate surface area is 201 Å². The molecule has 1 saturated heterocycles. The third kappa shape index (κ3) is 7.31. The van der Waals surface area contributed by atoms with Crippen LogP contribution in [0, 0.1) is 5.92 Å². The van der Waals surface area contributed by atoms with Crippen LogP contribution < -0.4 is 15.3 Å². The number of anilines is 1. The second-order valence-corrected chi connectivity index (χ2v) is 9.39. The summed E-state index contributed by atoms with van der Waals surface area (Å²) in [5.41, 5.74) is -1.30. The Morgan fingerprint density at radius 3 is 2.48 bits per heavy atom. The number of benzene rings is 2. The standard InChI is InChI=1S/C20H22ClF3N4O3S.ClH/c21-18-3-1-2-4-19(18)32(29,30)27-16-9-15(20(22,23)24)10-17(11-16)31-12-14-5-7-28(8-6-14)13-26-25;/h1-4,9-11,13-14,27H,5-8,12,25H2;1H. The number of nitrogens with two attached hydrogens (primary N) is 1. The number of nitrogens with zero attached hydrogens (tertiary/aromatic N) is 2. The number of alkyl halides is 3. The number of likely N-dealkylation sites (tertiary alicyclic amines) is 1. The molecule has 0 bridgehead atoms. The first-order valence-corrected chi connectivity index (χ1v) is 11.5. The predicted molar refractivity (Wildman–Crippen MR) is 123 cm³/mol. The molecule has 0 spiro atoms. The smallest absolute Gasteiger partial charge is 0.416 e. The van der Waals surface area contributed by atoms with Crippen molar-refractivity contribution in [2.24, 2.45) is 16.9 Å². The van der Waals surface area contributed by atoms with Gasteiger partial charge in [-0.15, -0.1) is 12.4 Å². The highest BCUT2D eigenvalue weighted by Crippen LogP contribution is 2.35. The van der Waals surface area contributed by atoms with Crippen molar-refractivity contribution in [1.82, 2.24) is 4.90 Å². The van der Waals surface area contributed by atoms with Crippen LogP contribution >= 0.6 is 24.0 Å². The average Bonchev–Trinajstić information content (AvgIpc) is 2.72. The van der Waals surface area contributed by atoms with Crippen LogP contribution in [-0.2, 0) is 16.2 Å². The average molecular weight is 527 g/mol. The minimum Gasteiger partial charge on any atom is -0.493 e. The van der Waals surface area contributed by atoms with E-state index in [0.717, 1.165) is 18.9 Å². The molecule has 1 aliphatic heterocycles. The zero-order chi connectivity index (χ0) is 23.4. The first kappa shape index (κ1) is 26.9. The summed E-state index contributed by atoms with van der Waals surface area (Å²) in [7, 11) is -4.20. The van der Waals surface area contributed by atoms with Gasteiger partial charge in [-0.2, -0.15) is 18.3 Å². The Morgan fingerprint density at radius 1 is 1.21 bits per heavy atom. The lowest BCUT2D eigenvalue weighted by atomic mass is 9.98. The molecular formula is C20H23Cl2F3N4O3S. The number of ether oxygens (including phenoxy) is 1. The zero-order valence-corrected chi connectivity index (χ0v) is 19.6. The zero-order valence-electron chi connectivity index (χ0n) is 17.3. The van der Waals surface area contributed by atoms with Gasteiger partial charge in [-0.25, -0.2) is 8.42 Å². The van der Waals surface area contributed by atoms with E-state index in [1.807, 2.05) is 4.90 Å². The fourth-order valence-electron chi connectivity index (χ4n) is 3.32. The number of hydrazone groups is 1. The first-order valence-electron chi connectivity index (χ1n) is 9.68. The van der Waals surface area contributed by atoms with E-state index in [1.165, 1.54) is 24.3 Å². The maximum Gasteiger partial charge on any atom is 0.416 e. The van der Waals surface area contributed by atoms with Gasteiger partial charge in [0.25, 0.3) is 10.0 Å². The Hall–Kier alpha value is -2.37. The first-order chi connectivity index (χ1) is 15.1. The molecule has 2 aromatic rings. The third-order valence-corrected chi connectivity index (χ3v) is 6.86. The van der Waals surface area contributed by atoms with Crippen LogP contribution in [-0.4, -0.2) is 39.4 Å². The molecule has 3 N–H and O–H groups in total. The summed E-state index contributed by atoms with van der Waals surface area (Å²) in [6.45, 7) is 1.62. The summed E-state index contributed by atoms with van der Waals surface area (Å²) in [4.78, 5) is 1.71. The lowest BCUT2D eigenvalue weighted by Crippen LogP contribution is -2.34. The molecule has 182 valence electrons. The number of piperidine rings is 1. The molecule has 1 heterocycles. The molecule has 0 aliphatic carbocycles. The van der Waals surface area contributed by atoms with Crippen molar-refractivity contribution in [2.45, 2.75) is 23.9 Å². The van der Waals surface area contributed by atoms with Crippen molar-refractivity contribution in [2.75, 3.05) is 24.4 Å². The Kier molecular flexibility index (Phi) is 9.10. The summed E-state index contributed by atoms with van der Waals surface area (Å²) in [6.07, 6.45) is -1.62. The molecule has 33 heavy (non-hydrogen) atoms. The molecule has 1 aliphatic rings. The molecular weight excluding hydrogens is 504 g/mol. The van der Waals surface area contributed by atoms with Crippen molar-refractivity contribution < 1.29 is 26.3 Å². The Morgan fingerprint density at radius 2 is 1.88 bits per heavy atom. The summed E-state index contributed by atoms with van der Waals surface area (Å²) in [5, 5.41) is 3.43. The van der Waals surface area contributed by atoms with E-state index < -0.39 is 21.8 Å². The molecule has 0 saturated carbocycles. The fourth-order valence-corrected chi connectivity index (χ4v) is 4.88. The highest BCUT2D eigenvalue weighted by atomic mass is 35.5. The highest BCUT2D eigenvalue weighted by Gasteiger charge is 2.32. The fraction of sp³-hybridized carbons (Fsp3) is 0.350. The van der Waals surface area contributed by atoms with Crippen molar-refractivity contribution in [3.05, 3.63) is 53.1 Å². The van der Waals surface area contributed by atoms with Gasteiger partial charge in [-0.3, -0.25) is 4.72 Å². The number of rotatable bonds is 7. The molecule has 0 aromatic heterocycles. The Balaban J connectivity index is 0.00000385. The summed E-state index contributed by atoms with van der Waals surface area (Å²) < 4.78 is 73.3. The van der Waals surface area contributed by atoms with Gasteiger partial charge in [0, 0.05) is 19.2 Å². The number of sulfonamides is 1. The van der Waals surface area contributed by atoms with Crippen molar-refractivity contribution in [3.63, 3.8) is 0 Å². The largest absolute Gasteiger partial charge is 0.493 e. The lowest BCUT2D eigenvalue weighted by molar-refractivity contribution is -0.137. The van der Waals surface area contributed by atoms with E-state index in [-0.39, 0.29) is 46.3 Å². The minimum absolute atomic E-state index is 0. The van der Waals surface area contributed by atoms with Gasteiger partial charge in [0.05, 0.1) is 22.9 Å². The van der Waals surface area contributed by atoms with Crippen molar-refractivity contribution >= 4 is 46.1 Å². The van der Waals surface area contributed by atoms with Gasteiger partial charge in [0.1, 0.15) is 17.0 Å². The van der Waals surface area contributed by atoms with Gasteiger partial charge in [-0.1, -0.05) is 23.7 Å². The van der Waals surface area contributed by atoms with Crippen LogP contribution in [0.1, 0.15) is 18.4 Å². The minimum atomic E-state index is -4.68. The predicted octanol–water partition coefficient (Wildman–Crippen LogP) is 4.57. The van der Waals surface area contributed by atoms with Gasteiger partial charge in [-0.05, 0) is 43.0 Å². The molecule has 3 rings (SSSR count). The van der Waals surface area contributed by atoms with Crippen LogP contribution in [0.3, 0.4) is 0 Å². The molecule has 2 aromatic carbocycles. The monoisotopic (exact) mass is 526 g/mol. The number of nitrogens with one attached hydrogen (secondary N) is 1. The Bertz CT molecular complexity index is 1080. The van der Waals surface area contributed by atoms with E-state index in [9.17, 15) is 21.6 Å². The number of hydrogen-bond acceptors (Lipinski definition) is 5.